The van der Waals surface area contributed by atoms with Gasteiger partial charge in [0.15, 0.2) is 5.82 Å². The van der Waals surface area contributed by atoms with E-state index in [1.807, 2.05) is 56.3 Å². The molecule has 4 rings (SSSR count). The number of amides is 1. The molecule has 0 fully saturated rings. The van der Waals surface area contributed by atoms with E-state index in [4.69, 9.17) is 4.74 Å². The molecule has 2 aromatic carbocycles. The number of H-pyrrole nitrogens is 1. The zero-order valence-corrected chi connectivity index (χ0v) is 16.0. The smallest absolute Gasteiger partial charge is 0.238 e. The van der Waals surface area contributed by atoms with Crippen LogP contribution in [0.15, 0.2) is 54.6 Å². The van der Waals surface area contributed by atoms with Crippen LogP contribution in [-0.2, 0) is 11.4 Å². The van der Waals surface area contributed by atoms with Crippen LogP contribution in [0.5, 0.6) is 5.75 Å². The first-order chi connectivity index (χ1) is 13.1. The number of nitrogens with one attached hydrogen (secondary N) is 2. The summed E-state index contributed by atoms with van der Waals surface area (Å²) >= 11 is 1.63. The summed E-state index contributed by atoms with van der Waals surface area (Å²) in [6.07, 6.45) is 0. The molecular formula is C21H21N3O2S. The number of hydrogen-bond acceptors (Lipinski definition) is 4. The second-order valence-electron chi connectivity index (χ2n) is 6.60. The van der Waals surface area contributed by atoms with E-state index in [1.54, 1.807) is 11.8 Å². The number of aryl methyl sites for hydroxylation is 1. The fourth-order valence-corrected chi connectivity index (χ4v) is 4.46. The van der Waals surface area contributed by atoms with Gasteiger partial charge in [-0.25, -0.2) is 0 Å². The predicted molar refractivity (Wildman–Crippen MR) is 108 cm³/mol. The lowest BCUT2D eigenvalue weighted by atomic mass is 10.0. The Labute approximate surface area is 162 Å². The van der Waals surface area contributed by atoms with Crippen molar-refractivity contribution >= 4 is 23.5 Å². The van der Waals surface area contributed by atoms with E-state index in [2.05, 4.69) is 27.6 Å². The van der Waals surface area contributed by atoms with Crippen LogP contribution in [0.3, 0.4) is 0 Å². The van der Waals surface area contributed by atoms with Crippen molar-refractivity contribution in [2.75, 3.05) is 5.32 Å². The minimum absolute atomic E-state index is 0.0157. The van der Waals surface area contributed by atoms with Gasteiger partial charge in [-0.15, -0.1) is 11.8 Å². The zero-order chi connectivity index (χ0) is 18.8. The van der Waals surface area contributed by atoms with Crippen LogP contribution in [0.2, 0.25) is 0 Å². The summed E-state index contributed by atoms with van der Waals surface area (Å²) in [6.45, 7) is 4.45. The summed E-state index contributed by atoms with van der Waals surface area (Å²) in [5, 5.41) is 10.1. The number of thioether (sulfide) groups is 1. The van der Waals surface area contributed by atoms with Gasteiger partial charge in [0.25, 0.3) is 0 Å². The molecule has 0 aliphatic carbocycles. The minimum atomic E-state index is -0.155. The van der Waals surface area contributed by atoms with Crippen LogP contribution < -0.4 is 10.1 Å². The quantitative estimate of drug-likeness (QED) is 0.702. The number of hydrogen-bond donors (Lipinski definition) is 2. The molecule has 1 aliphatic rings. The second kappa shape index (κ2) is 7.48. The van der Waals surface area contributed by atoms with Gasteiger partial charge in [-0.1, -0.05) is 42.5 Å². The lowest BCUT2D eigenvalue weighted by Crippen LogP contribution is -2.21. The van der Waals surface area contributed by atoms with Gasteiger partial charge in [0, 0.05) is 11.3 Å². The number of benzene rings is 2. The first-order valence-electron chi connectivity index (χ1n) is 8.89. The third kappa shape index (κ3) is 3.71. The van der Waals surface area contributed by atoms with Crippen molar-refractivity contribution in [1.82, 2.24) is 10.2 Å². The molecule has 0 radical (unpaired) electrons. The largest absolute Gasteiger partial charge is 0.489 e. The van der Waals surface area contributed by atoms with Gasteiger partial charge in [-0.05, 0) is 37.1 Å². The summed E-state index contributed by atoms with van der Waals surface area (Å²) in [5.41, 5.74) is 4.27. The van der Waals surface area contributed by atoms with E-state index in [1.165, 1.54) is 0 Å². The average molecular weight is 379 g/mol. The maximum absolute atomic E-state index is 12.2. The van der Waals surface area contributed by atoms with E-state index in [9.17, 15) is 4.79 Å². The molecule has 6 heteroatoms. The normalized spacial score (nSPS) is 19.1. The minimum Gasteiger partial charge on any atom is -0.489 e. The Balaban J connectivity index is 1.56. The topological polar surface area (TPSA) is 67.0 Å². The molecule has 2 N–H and O–H groups in total. The summed E-state index contributed by atoms with van der Waals surface area (Å²) in [6, 6.07) is 18.2. The lowest BCUT2D eigenvalue weighted by Gasteiger charge is -2.18. The maximum Gasteiger partial charge on any atom is 0.238 e. The number of fused-ring (bicyclic) bond motifs is 1. The maximum atomic E-state index is 12.2. The molecule has 1 aliphatic heterocycles. The fraction of sp³-hybridized carbons (Fsp3) is 0.238. The van der Waals surface area contributed by atoms with Crippen LogP contribution in [0, 0.1) is 6.92 Å². The van der Waals surface area contributed by atoms with E-state index >= 15 is 0 Å². The van der Waals surface area contributed by atoms with Gasteiger partial charge in [0.1, 0.15) is 12.4 Å². The van der Waals surface area contributed by atoms with Crippen molar-refractivity contribution < 1.29 is 9.53 Å². The van der Waals surface area contributed by atoms with E-state index in [0.29, 0.717) is 12.4 Å². The van der Waals surface area contributed by atoms with Crippen molar-refractivity contribution in [2.24, 2.45) is 0 Å². The number of anilines is 1. The second-order valence-corrected chi connectivity index (χ2v) is 8.05. The van der Waals surface area contributed by atoms with Crippen molar-refractivity contribution in [3.63, 3.8) is 0 Å². The third-order valence-corrected chi connectivity index (χ3v) is 6.04. The molecule has 0 unspecified atom stereocenters. The van der Waals surface area contributed by atoms with Crippen molar-refractivity contribution in [3.05, 3.63) is 77.0 Å². The highest BCUT2D eigenvalue weighted by molar-refractivity contribution is 8.01. The van der Waals surface area contributed by atoms with E-state index < -0.39 is 0 Å². The van der Waals surface area contributed by atoms with Crippen LogP contribution in [0.1, 0.15) is 34.6 Å². The molecule has 27 heavy (non-hydrogen) atoms. The van der Waals surface area contributed by atoms with Crippen molar-refractivity contribution in [3.8, 4) is 5.75 Å². The molecule has 0 bridgehead atoms. The van der Waals surface area contributed by atoms with E-state index in [-0.39, 0.29) is 16.4 Å². The Morgan fingerprint density at radius 2 is 1.85 bits per heavy atom. The molecule has 0 saturated heterocycles. The highest BCUT2D eigenvalue weighted by atomic mass is 32.2. The number of nitrogens with zero attached hydrogens (tertiary/aromatic N) is 1. The van der Waals surface area contributed by atoms with Crippen LogP contribution in [0.4, 0.5) is 5.82 Å². The molecule has 138 valence electrons. The molecule has 5 nitrogen and oxygen atoms in total. The Morgan fingerprint density at radius 3 is 2.59 bits per heavy atom. The van der Waals surface area contributed by atoms with Gasteiger partial charge in [0.2, 0.25) is 5.91 Å². The standard InChI is InChI=1S/C21H21N3O2S/c1-13-18-19(27-14(2)21(25)22-20(18)24-23-13)16-8-10-17(11-9-16)26-12-15-6-4-3-5-7-15/h3-11,14,19H,12H2,1-2H3,(H2,22,23,24,25)/t14-,19-/m1/s1. The van der Waals surface area contributed by atoms with Gasteiger partial charge < -0.3 is 10.1 Å². The SMILES string of the molecule is Cc1[nH]nc2c1[C@@H](c1ccc(OCc3ccccc3)cc1)S[C@H](C)C(=O)N2. The molecular weight excluding hydrogens is 358 g/mol. The Morgan fingerprint density at radius 1 is 1.11 bits per heavy atom. The molecule has 1 aromatic heterocycles. The van der Waals surface area contributed by atoms with Gasteiger partial charge in [-0.3, -0.25) is 9.89 Å². The van der Waals surface area contributed by atoms with Gasteiger partial charge >= 0.3 is 0 Å². The van der Waals surface area contributed by atoms with Crippen LogP contribution in [-0.4, -0.2) is 21.4 Å². The van der Waals surface area contributed by atoms with Crippen molar-refractivity contribution in [2.45, 2.75) is 31.0 Å². The average Bonchev–Trinajstić information content (AvgIpc) is 2.99. The summed E-state index contributed by atoms with van der Waals surface area (Å²) in [5.74, 6) is 1.44. The van der Waals surface area contributed by atoms with Crippen molar-refractivity contribution in [1.29, 1.82) is 0 Å². The monoisotopic (exact) mass is 379 g/mol. The Kier molecular flexibility index (Phi) is 4.90. The summed E-state index contributed by atoms with van der Waals surface area (Å²) in [7, 11) is 0. The molecule has 0 spiro atoms. The Bertz CT molecular complexity index is 938. The first kappa shape index (κ1) is 17.7. The number of ether oxygens (including phenoxy) is 1. The van der Waals surface area contributed by atoms with Crippen LogP contribution in [0.25, 0.3) is 0 Å². The summed E-state index contributed by atoms with van der Waals surface area (Å²) < 4.78 is 5.88. The third-order valence-electron chi connectivity index (χ3n) is 4.64. The number of carbonyl (C=O) groups is 1. The van der Waals surface area contributed by atoms with Crippen LogP contribution >= 0.6 is 11.8 Å². The first-order valence-corrected chi connectivity index (χ1v) is 9.84. The number of rotatable bonds is 4. The fourth-order valence-electron chi connectivity index (χ4n) is 3.13. The lowest BCUT2D eigenvalue weighted by molar-refractivity contribution is -0.115. The molecule has 1 amide bonds. The predicted octanol–water partition coefficient (Wildman–Crippen LogP) is 4.46. The molecule has 0 saturated carbocycles. The Hall–Kier alpha value is -2.73. The summed E-state index contributed by atoms with van der Waals surface area (Å²) in [4.78, 5) is 12.2. The van der Waals surface area contributed by atoms with Gasteiger partial charge in [-0.2, -0.15) is 5.10 Å². The highest BCUT2D eigenvalue weighted by Crippen LogP contribution is 2.44. The molecule has 2 heterocycles. The molecule has 2 atom stereocenters. The van der Waals surface area contributed by atoms with Gasteiger partial charge in [0.05, 0.1) is 10.5 Å². The number of aromatic amines is 1. The number of carbonyl (C=O) groups excluding carboxylic acids is 1. The zero-order valence-electron chi connectivity index (χ0n) is 15.2. The highest BCUT2D eigenvalue weighted by Gasteiger charge is 2.32. The molecule has 3 aromatic rings. The van der Waals surface area contributed by atoms with E-state index in [0.717, 1.165) is 28.1 Å². The number of aromatic nitrogens is 2.